The molecule has 1 saturated carbocycles. The first-order valence-electron chi connectivity index (χ1n) is 7.48. The predicted molar refractivity (Wildman–Crippen MR) is 81.7 cm³/mol. The van der Waals surface area contributed by atoms with E-state index in [1.165, 1.54) is 0 Å². The lowest BCUT2D eigenvalue weighted by atomic mass is 10.1. The van der Waals surface area contributed by atoms with Gasteiger partial charge in [-0.3, -0.25) is 14.4 Å². The van der Waals surface area contributed by atoms with Crippen LogP contribution < -0.4 is 10.6 Å². The van der Waals surface area contributed by atoms with Gasteiger partial charge in [-0.15, -0.1) is 0 Å². The van der Waals surface area contributed by atoms with Gasteiger partial charge in [-0.1, -0.05) is 12.1 Å². The summed E-state index contributed by atoms with van der Waals surface area (Å²) in [6.45, 7) is 0. The van der Waals surface area contributed by atoms with E-state index in [0.717, 1.165) is 12.8 Å². The average molecular weight is 304 g/mol. The molecule has 2 amide bonds. The number of benzene rings is 1. The largest absolute Gasteiger partial charge is 0.481 e. The minimum absolute atomic E-state index is 0.0632. The van der Waals surface area contributed by atoms with Gasteiger partial charge in [-0.2, -0.15) is 0 Å². The maximum Gasteiger partial charge on any atom is 0.303 e. The zero-order valence-corrected chi connectivity index (χ0v) is 12.3. The van der Waals surface area contributed by atoms with Crippen molar-refractivity contribution in [1.82, 2.24) is 5.32 Å². The van der Waals surface area contributed by atoms with Crippen LogP contribution in [0.2, 0.25) is 0 Å². The van der Waals surface area contributed by atoms with Crippen molar-refractivity contribution in [3.05, 3.63) is 29.8 Å². The number of hydrogen-bond donors (Lipinski definition) is 3. The Bertz CT molecular complexity index is 567. The van der Waals surface area contributed by atoms with Crippen molar-refractivity contribution in [2.24, 2.45) is 0 Å². The van der Waals surface area contributed by atoms with Gasteiger partial charge in [0.25, 0.3) is 5.91 Å². The molecule has 0 saturated heterocycles. The monoisotopic (exact) mass is 304 g/mol. The number of hydrogen-bond acceptors (Lipinski definition) is 3. The van der Waals surface area contributed by atoms with Gasteiger partial charge in [0, 0.05) is 18.9 Å². The molecule has 0 spiro atoms. The van der Waals surface area contributed by atoms with E-state index < -0.39 is 5.97 Å². The predicted octanol–water partition coefficient (Wildman–Crippen LogP) is 2.16. The van der Waals surface area contributed by atoms with E-state index in [-0.39, 0.29) is 30.7 Å². The van der Waals surface area contributed by atoms with E-state index in [0.29, 0.717) is 24.1 Å². The first kappa shape index (κ1) is 16.0. The highest BCUT2D eigenvalue weighted by atomic mass is 16.4. The normalized spacial score (nSPS) is 13.5. The van der Waals surface area contributed by atoms with Crippen molar-refractivity contribution in [2.75, 3.05) is 5.32 Å². The molecule has 0 aromatic heterocycles. The molecule has 1 aromatic carbocycles. The molecular weight excluding hydrogens is 284 g/mol. The summed E-state index contributed by atoms with van der Waals surface area (Å²) >= 11 is 0. The van der Waals surface area contributed by atoms with Crippen LogP contribution in [0.25, 0.3) is 0 Å². The summed E-state index contributed by atoms with van der Waals surface area (Å²) in [5.74, 6) is -1.25. The number of unbranched alkanes of at least 4 members (excludes halogenated alkanes) is 1. The molecule has 1 fully saturated rings. The van der Waals surface area contributed by atoms with Crippen LogP contribution in [0.3, 0.4) is 0 Å². The van der Waals surface area contributed by atoms with E-state index in [4.69, 9.17) is 5.11 Å². The third-order valence-corrected chi connectivity index (χ3v) is 3.40. The highest BCUT2D eigenvalue weighted by Crippen LogP contribution is 2.21. The molecule has 0 bridgehead atoms. The van der Waals surface area contributed by atoms with Crippen LogP contribution in [0.5, 0.6) is 0 Å². The van der Waals surface area contributed by atoms with Gasteiger partial charge in [-0.25, -0.2) is 0 Å². The standard InChI is InChI=1S/C16H20N2O4/c19-14(7-3-4-8-15(20)21)18-13-6-2-1-5-12(13)16(22)17-11-9-10-11/h1-2,5-6,11H,3-4,7-10H2,(H,17,22)(H,18,19)(H,20,21). The van der Waals surface area contributed by atoms with Gasteiger partial charge in [0.05, 0.1) is 11.3 Å². The summed E-state index contributed by atoms with van der Waals surface area (Å²) in [4.78, 5) is 34.4. The summed E-state index contributed by atoms with van der Waals surface area (Å²) in [5, 5.41) is 14.2. The first-order chi connectivity index (χ1) is 10.6. The molecule has 1 aliphatic carbocycles. The number of para-hydroxylation sites is 1. The Morgan fingerprint density at radius 2 is 1.77 bits per heavy atom. The van der Waals surface area contributed by atoms with Crippen molar-refractivity contribution in [2.45, 2.75) is 44.6 Å². The van der Waals surface area contributed by atoms with Gasteiger partial charge in [0.2, 0.25) is 5.91 Å². The smallest absolute Gasteiger partial charge is 0.303 e. The summed E-state index contributed by atoms with van der Waals surface area (Å²) in [6, 6.07) is 7.14. The fourth-order valence-corrected chi connectivity index (χ4v) is 2.06. The van der Waals surface area contributed by atoms with Crippen molar-refractivity contribution >= 4 is 23.5 Å². The van der Waals surface area contributed by atoms with Crippen molar-refractivity contribution < 1.29 is 19.5 Å². The number of nitrogens with one attached hydrogen (secondary N) is 2. The zero-order valence-electron chi connectivity index (χ0n) is 12.3. The number of rotatable bonds is 8. The van der Waals surface area contributed by atoms with Gasteiger partial charge in [-0.05, 0) is 37.8 Å². The topological polar surface area (TPSA) is 95.5 Å². The lowest BCUT2D eigenvalue weighted by molar-refractivity contribution is -0.137. The van der Waals surface area contributed by atoms with E-state index in [1.54, 1.807) is 24.3 Å². The fraction of sp³-hybridized carbons (Fsp3) is 0.438. The molecule has 0 aliphatic heterocycles. The minimum Gasteiger partial charge on any atom is -0.481 e. The fourth-order valence-electron chi connectivity index (χ4n) is 2.06. The van der Waals surface area contributed by atoms with E-state index in [2.05, 4.69) is 10.6 Å². The van der Waals surface area contributed by atoms with E-state index >= 15 is 0 Å². The minimum atomic E-state index is -0.859. The zero-order chi connectivity index (χ0) is 15.9. The number of carboxylic acids is 1. The van der Waals surface area contributed by atoms with Crippen LogP contribution in [-0.2, 0) is 9.59 Å². The second-order valence-corrected chi connectivity index (χ2v) is 5.44. The van der Waals surface area contributed by atoms with Gasteiger partial charge in [0.15, 0.2) is 0 Å². The van der Waals surface area contributed by atoms with Crippen LogP contribution in [0.15, 0.2) is 24.3 Å². The lowest BCUT2D eigenvalue weighted by Gasteiger charge is -2.11. The van der Waals surface area contributed by atoms with Crippen LogP contribution in [0.1, 0.15) is 48.9 Å². The highest BCUT2D eigenvalue weighted by Gasteiger charge is 2.24. The number of aliphatic carboxylic acids is 1. The number of anilines is 1. The molecule has 6 nitrogen and oxygen atoms in total. The highest BCUT2D eigenvalue weighted by molar-refractivity contribution is 6.03. The molecule has 3 N–H and O–H groups in total. The third kappa shape index (κ3) is 5.20. The van der Waals surface area contributed by atoms with Gasteiger partial charge in [0.1, 0.15) is 0 Å². The summed E-state index contributed by atoms with van der Waals surface area (Å²) in [5.41, 5.74) is 0.942. The summed E-state index contributed by atoms with van der Waals surface area (Å²) < 4.78 is 0. The summed E-state index contributed by atoms with van der Waals surface area (Å²) in [6.07, 6.45) is 3.29. The molecule has 22 heavy (non-hydrogen) atoms. The van der Waals surface area contributed by atoms with Crippen LogP contribution >= 0.6 is 0 Å². The summed E-state index contributed by atoms with van der Waals surface area (Å²) in [7, 11) is 0. The van der Waals surface area contributed by atoms with Crippen molar-refractivity contribution in [1.29, 1.82) is 0 Å². The SMILES string of the molecule is O=C(O)CCCCC(=O)Nc1ccccc1C(=O)NC1CC1. The number of carbonyl (C=O) groups excluding carboxylic acids is 2. The van der Waals surface area contributed by atoms with E-state index in [9.17, 15) is 14.4 Å². The maximum absolute atomic E-state index is 12.1. The number of carbonyl (C=O) groups is 3. The second kappa shape index (κ2) is 7.59. The van der Waals surface area contributed by atoms with Crippen molar-refractivity contribution in [3.8, 4) is 0 Å². The molecule has 1 aromatic rings. The second-order valence-electron chi connectivity index (χ2n) is 5.44. The molecule has 0 atom stereocenters. The van der Waals surface area contributed by atoms with Gasteiger partial charge >= 0.3 is 5.97 Å². The molecule has 0 heterocycles. The lowest BCUT2D eigenvalue weighted by Crippen LogP contribution is -2.26. The third-order valence-electron chi connectivity index (χ3n) is 3.40. The Kier molecular flexibility index (Phi) is 5.52. The molecule has 118 valence electrons. The van der Waals surface area contributed by atoms with Gasteiger partial charge < -0.3 is 15.7 Å². The Labute approximate surface area is 128 Å². The quantitative estimate of drug-likeness (QED) is 0.641. The van der Waals surface area contributed by atoms with Crippen LogP contribution in [-0.4, -0.2) is 28.9 Å². The molecule has 6 heteroatoms. The van der Waals surface area contributed by atoms with E-state index in [1.807, 2.05) is 0 Å². The van der Waals surface area contributed by atoms with Crippen LogP contribution in [0.4, 0.5) is 5.69 Å². The van der Waals surface area contributed by atoms with Crippen LogP contribution in [0, 0.1) is 0 Å². The molecular formula is C16H20N2O4. The molecule has 1 aliphatic rings. The number of amides is 2. The Balaban J connectivity index is 1.87. The molecule has 0 radical (unpaired) electrons. The maximum atomic E-state index is 12.1. The van der Waals surface area contributed by atoms with Crippen molar-refractivity contribution in [3.63, 3.8) is 0 Å². The average Bonchev–Trinajstić information content (AvgIpc) is 3.28. The first-order valence-corrected chi connectivity index (χ1v) is 7.48. The Morgan fingerprint density at radius 1 is 1.09 bits per heavy atom. The Hall–Kier alpha value is -2.37. The Morgan fingerprint density at radius 3 is 2.45 bits per heavy atom. The number of carboxylic acid groups (broad SMARTS) is 1. The molecule has 2 rings (SSSR count). The molecule has 0 unspecified atom stereocenters.